The number of fused-ring (bicyclic) bond motifs is 1. The summed E-state index contributed by atoms with van der Waals surface area (Å²) in [6, 6.07) is 3.79. The van der Waals surface area contributed by atoms with Crippen molar-refractivity contribution >= 4 is 11.7 Å². The van der Waals surface area contributed by atoms with Gasteiger partial charge in [0.2, 0.25) is 0 Å². The second-order valence-corrected chi connectivity index (χ2v) is 7.00. The van der Waals surface area contributed by atoms with Crippen LogP contribution >= 0.6 is 0 Å². The monoisotopic (exact) mass is 368 g/mol. The van der Waals surface area contributed by atoms with Crippen LogP contribution < -0.4 is 10.2 Å². The molecule has 8 heteroatoms. The minimum absolute atomic E-state index is 0.0309. The maximum absolute atomic E-state index is 12.8. The third-order valence-electron chi connectivity index (χ3n) is 4.92. The first-order valence-electron chi connectivity index (χ1n) is 9.22. The van der Waals surface area contributed by atoms with E-state index in [9.17, 15) is 4.79 Å². The summed E-state index contributed by atoms with van der Waals surface area (Å²) in [5.41, 5.74) is 2.94. The lowest BCUT2D eigenvalue weighted by Crippen LogP contribution is -2.50. The number of nitrogens with one attached hydrogen (secondary N) is 1. The summed E-state index contributed by atoms with van der Waals surface area (Å²) < 4.78 is 5.63. The number of carbonyl (C=O) groups excluding carboxylic acids is 1. The standard InChI is InChI=1S/C19H24N6O2/c1-24(2)18-14-5-9-25(19(26)16-11-21-8-10-27-16)12-15(14)22-17(23-18)13-3-6-20-7-4-13/h3-4,6-7,16,21H,5,8-12H2,1-2H3/t16-/m0/s1. The van der Waals surface area contributed by atoms with E-state index in [1.165, 1.54) is 0 Å². The van der Waals surface area contributed by atoms with Crippen LogP contribution in [-0.2, 0) is 22.5 Å². The molecule has 1 fully saturated rings. The topological polar surface area (TPSA) is 83.5 Å². The van der Waals surface area contributed by atoms with Crippen LogP contribution in [0.1, 0.15) is 11.3 Å². The zero-order chi connectivity index (χ0) is 18.8. The van der Waals surface area contributed by atoms with Crippen LogP contribution in [0.4, 0.5) is 5.82 Å². The smallest absolute Gasteiger partial charge is 0.253 e. The fourth-order valence-electron chi connectivity index (χ4n) is 3.53. The van der Waals surface area contributed by atoms with Gasteiger partial charge in [-0.05, 0) is 18.6 Å². The van der Waals surface area contributed by atoms with Gasteiger partial charge in [-0.25, -0.2) is 9.97 Å². The molecule has 27 heavy (non-hydrogen) atoms. The summed E-state index contributed by atoms with van der Waals surface area (Å²) >= 11 is 0. The summed E-state index contributed by atoms with van der Waals surface area (Å²) in [4.78, 5) is 30.3. The van der Waals surface area contributed by atoms with Gasteiger partial charge in [-0.1, -0.05) is 0 Å². The van der Waals surface area contributed by atoms with E-state index < -0.39 is 6.10 Å². The molecule has 2 aromatic heterocycles. The molecule has 1 atom stereocenters. The third kappa shape index (κ3) is 3.63. The van der Waals surface area contributed by atoms with Crippen LogP contribution in [0, 0.1) is 0 Å². The predicted molar refractivity (Wildman–Crippen MR) is 101 cm³/mol. The number of morpholine rings is 1. The molecule has 0 radical (unpaired) electrons. The Bertz CT molecular complexity index is 820. The van der Waals surface area contributed by atoms with E-state index in [2.05, 4.69) is 10.3 Å². The molecular formula is C19H24N6O2. The first-order valence-corrected chi connectivity index (χ1v) is 9.22. The number of ether oxygens (including phenoxy) is 1. The summed E-state index contributed by atoms with van der Waals surface area (Å²) in [5, 5.41) is 3.22. The van der Waals surface area contributed by atoms with Crippen molar-refractivity contribution in [1.29, 1.82) is 0 Å². The highest BCUT2D eigenvalue weighted by atomic mass is 16.5. The Balaban J connectivity index is 1.65. The minimum Gasteiger partial charge on any atom is -0.366 e. The molecule has 0 saturated carbocycles. The summed E-state index contributed by atoms with van der Waals surface area (Å²) in [5.74, 6) is 1.60. The number of carbonyl (C=O) groups is 1. The number of nitrogens with zero attached hydrogens (tertiary/aromatic N) is 5. The highest BCUT2D eigenvalue weighted by molar-refractivity contribution is 5.81. The van der Waals surface area contributed by atoms with Gasteiger partial charge in [0.1, 0.15) is 11.9 Å². The van der Waals surface area contributed by atoms with Gasteiger partial charge >= 0.3 is 0 Å². The Morgan fingerprint density at radius 1 is 1.30 bits per heavy atom. The number of hydrogen-bond acceptors (Lipinski definition) is 7. The first-order chi connectivity index (χ1) is 13.1. The van der Waals surface area contributed by atoms with Gasteiger partial charge in [0, 0.05) is 57.3 Å². The zero-order valence-electron chi connectivity index (χ0n) is 15.7. The average molecular weight is 368 g/mol. The number of amides is 1. The third-order valence-corrected chi connectivity index (χ3v) is 4.92. The van der Waals surface area contributed by atoms with Gasteiger partial charge in [0.25, 0.3) is 5.91 Å². The maximum atomic E-state index is 12.8. The Labute approximate surface area is 158 Å². The molecule has 1 saturated heterocycles. The van der Waals surface area contributed by atoms with E-state index in [-0.39, 0.29) is 5.91 Å². The Morgan fingerprint density at radius 2 is 2.11 bits per heavy atom. The second-order valence-electron chi connectivity index (χ2n) is 7.00. The van der Waals surface area contributed by atoms with Crippen LogP contribution in [-0.4, -0.2) is 72.2 Å². The SMILES string of the molecule is CN(C)c1nc(-c2ccncc2)nc2c1CCN(C(=O)[C@@H]1CNCCO1)C2. The zero-order valence-corrected chi connectivity index (χ0v) is 15.7. The molecule has 1 N–H and O–H groups in total. The van der Waals surface area contributed by atoms with Crippen molar-refractivity contribution in [2.24, 2.45) is 0 Å². The maximum Gasteiger partial charge on any atom is 0.253 e. The van der Waals surface area contributed by atoms with Crippen molar-refractivity contribution in [1.82, 2.24) is 25.2 Å². The van der Waals surface area contributed by atoms with Gasteiger partial charge in [-0.15, -0.1) is 0 Å². The lowest BCUT2D eigenvalue weighted by atomic mass is 10.0. The van der Waals surface area contributed by atoms with Gasteiger partial charge in [0.15, 0.2) is 5.82 Å². The van der Waals surface area contributed by atoms with E-state index in [4.69, 9.17) is 14.7 Å². The summed E-state index contributed by atoms with van der Waals surface area (Å²) in [6.07, 6.45) is 3.80. The van der Waals surface area contributed by atoms with E-state index in [1.807, 2.05) is 36.0 Å². The molecule has 0 aliphatic carbocycles. The Hall–Kier alpha value is -2.58. The molecule has 8 nitrogen and oxygen atoms in total. The van der Waals surface area contributed by atoms with Crippen molar-refractivity contribution in [3.8, 4) is 11.4 Å². The number of aromatic nitrogens is 3. The average Bonchev–Trinajstić information content (AvgIpc) is 2.73. The van der Waals surface area contributed by atoms with Crippen molar-refractivity contribution < 1.29 is 9.53 Å². The Kier molecular flexibility index (Phi) is 5.00. The molecule has 0 unspecified atom stereocenters. The van der Waals surface area contributed by atoms with Crippen molar-refractivity contribution in [3.63, 3.8) is 0 Å². The van der Waals surface area contributed by atoms with Crippen LogP contribution in [0.2, 0.25) is 0 Å². The van der Waals surface area contributed by atoms with E-state index in [0.717, 1.165) is 35.6 Å². The minimum atomic E-state index is -0.407. The molecule has 4 heterocycles. The van der Waals surface area contributed by atoms with Crippen molar-refractivity contribution in [2.45, 2.75) is 19.1 Å². The van der Waals surface area contributed by atoms with Gasteiger partial charge in [-0.3, -0.25) is 9.78 Å². The molecule has 142 valence electrons. The number of anilines is 1. The molecule has 2 aromatic rings. The summed E-state index contributed by atoms with van der Waals surface area (Å²) in [6.45, 7) is 3.07. The second kappa shape index (κ2) is 7.58. The molecule has 4 rings (SSSR count). The van der Waals surface area contributed by atoms with E-state index in [0.29, 0.717) is 32.1 Å². The van der Waals surface area contributed by atoms with Crippen molar-refractivity contribution in [3.05, 3.63) is 35.8 Å². The fraction of sp³-hybridized carbons (Fsp3) is 0.474. The number of rotatable bonds is 3. The van der Waals surface area contributed by atoms with Gasteiger partial charge in [-0.2, -0.15) is 0 Å². The van der Waals surface area contributed by atoms with Gasteiger partial charge < -0.3 is 19.9 Å². The molecule has 2 aliphatic heterocycles. The van der Waals surface area contributed by atoms with E-state index in [1.54, 1.807) is 12.4 Å². The van der Waals surface area contributed by atoms with Crippen LogP contribution in [0.3, 0.4) is 0 Å². The van der Waals surface area contributed by atoms with E-state index >= 15 is 0 Å². The quantitative estimate of drug-likeness (QED) is 0.843. The highest BCUT2D eigenvalue weighted by Gasteiger charge is 2.31. The molecule has 1 amide bonds. The highest BCUT2D eigenvalue weighted by Crippen LogP contribution is 2.28. The predicted octanol–water partition coefficient (Wildman–Crippen LogP) is 0.478. The molecule has 2 aliphatic rings. The lowest BCUT2D eigenvalue weighted by molar-refractivity contribution is -0.146. The molecular weight excluding hydrogens is 344 g/mol. The fourth-order valence-corrected chi connectivity index (χ4v) is 3.53. The lowest BCUT2D eigenvalue weighted by Gasteiger charge is -2.34. The number of hydrogen-bond donors (Lipinski definition) is 1. The summed E-state index contributed by atoms with van der Waals surface area (Å²) in [7, 11) is 3.97. The molecule has 0 bridgehead atoms. The van der Waals surface area contributed by atoms with Crippen LogP contribution in [0.15, 0.2) is 24.5 Å². The normalized spacial score (nSPS) is 19.5. The molecule has 0 spiro atoms. The van der Waals surface area contributed by atoms with Crippen LogP contribution in [0.25, 0.3) is 11.4 Å². The first kappa shape index (κ1) is 17.8. The largest absolute Gasteiger partial charge is 0.366 e. The van der Waals surface area contributed by atoms with Crippen LogP contribution in [0.5, 0.6) is 0 Å². The molecule has 0 aromatic carbocycles. The number of pyridine rings is 1. The Morgan fingerprint density at radius 3 is 2.81 bits per heavy atom. The van der Waals surface area contributed by atoms with Crippen molar-refractivity contribution in [2.75, 3.05) is 45.2 Å². The van der Waals surface area contributed by atoms with Gasteiger partial charge in [0.05, 0.1) is 18.8 Å².